The maximum absolute atomic E-state index is 8.85. The minimum Gasteiger partial charge on any atom is -0.394 e. The summed E-state index contributed by atoms with van der Waals surface area (Å²) in [4.78, 5) is 3.89. The molecule has 1 N–H and O–H groups in total. The van der Waals surface area contributed by atoms with E-state index in [1.54, 1.807) is 12.5 Å². The Kier molecular flexibility index (Phi) is 2.45. The fraction of sp³-hybridized carbons (Fsp3) is 0.571. The molecule has 1 unspecified atom stereocenters. The Labute approximate surface area is 60.3 Å². The van der Waals surface area contributed by atoms with Gasteiger partial charge in [0.1, 0.15) is 0 Å². The zero-order valence-electron chi connectivity index (χ0n) is 6.07. The quantitative estimate of drug-likeness (QED) is 0.675. The molecular weight excluding hydrogens is 128 g/mol. The van der Waals surface area contributed by atoms with Crippen molar-refractivity contribution in [3.8, 4) is 0 Å². The summed E-state index contributed by atoms with van der Waals surface area (Å²) in [6.45, 7) is 2.23. The highest BCUT2D eigenvalue weighted by Gasteiger charge is 2.03. The van der Waals surface area contributed by atoms with Crippen LogP contribution in [-0.4, -0.2) is 21.3 Å². The maximum Gasteiger partial charge on any atom is 0.0949 e. The van der Waals surface area contributed by atoms with Crippen molar-refractivity contribution in [1.82, 2.24) is 9.55 Å². The van der Waals surface area contributed by atoms with Gasteiger partial charge in [-0.1, -0.05) is 6.92 Å². The molecule has 1 rings (SSSR count). The number of aliphatic hydroxyl groups is 1. The van der Waals surface area contributed by atoms with Gasteiger partial charge in [0.15, 0.2) is 0 Å². The second kappa shape index (κ2) is 3.37. The lowest BCUT2D eigenvalue weighted by atomic mass is 10.2. The average molecular weight is 140 g/mol. The Hall–Kier alpha value is -0.830. The van der Waals surface area contributed by atoms with Crippen LogP contribution in [-0.2, 0) is 0 Å². The Morgan fingerprint density at radius 3 is 2.90 bits per heavy atom. The van der Waals surface area contributed by atoms with Crippen LogP contribution < -0.4 is 0 Å². The summed E-state index contributed by atoms with van der Waals surface area (Å²) < 4.78 is 1.92. The minimum absolute atomic E-state index is 0.187. The van der Waals surface area contributed by atoms with Crippen LogP contribution in [0.25, 0.3) is 0 Å². The zero-order chi connectivity index (χ0) is 7.40. The number of aliphatic hydroxyl groups excluding tert-OH is 1. The predicted octanol–water partition coefficient (Wildman–Crippen LogP) is 0.827. The van der Waals surface area contributed by atoms with E-state index in [1.807, 2.05) is 17.7 Å². The van der Waals surface area contributed by atoms with Crippen LogP contribution in [0.4, 0.5) is 0 Å². The third kappa shape index (κ3) is 1.36. The van der Waals surface area contributed by atoms with E-state index in [9.17, 15) is 0 Å². The van der Waals surface area contributed by atoms with Crippen LogP contribution in [0.3, 0.4) is 0 Å². The molecule has 0 spiro atoms. The van der Waals surface area contributed by atoms with E-state index in [0.717, 1.165) is 6.42 Å². The molecule has 0 aliphatic carbocycles. The lowest BCUT2D eigenvalue weighted by Gasteiger charge is -2.11. The molecule has 0 aliphatic heterocycles. The van der Waals surface area contributed by atoms with Gasteiger partial charge in [0.25, 0.3) is 0 Å². The predicted molar refractivity (Wildman–Crippen MR) is 38.6 cm³/mol. The highest BCUT2D eigenvalue weighted by Crippen LogP contribution is 2.07. The molecule has 0 fully saturated rings. The SMILES string of the molecule is CCC(CO)n1ccnc1. The molecule has 3 heteroatoms. The van der Waals surface area contributed by atoms with Gasteiger partial charge >= 0.3 is 0 Å². The number of hydrogen-bond acceptors (Lipinski definition) is 2. The Morgan fingerprint density at radius 2 is 2.50 bits per heavy atom. The fourth-order valence-electron chi connectivity index (χ4n) is 0.920. The summed E-state index contributed by atoms with van der Waals surface area (Å²) in [5, 5.41) is 8.85. The van der Waals surface area contributed by atoms with E-state index in [-0.39, 0.29) is 12.6 Å². The third-order valence-corrected chi connectivity index (χ3v) is 1.63. The molecule has 1 atom stereocenters. The summed E-state index contributed by atoms with van der Waals surface area (Å²) in [5.41, 5.74) is 0. The van der Waals surface area contributed by atoms with Gasteiger partial charge in [0, 0.05) is 12.4 Å². The molecule has 0 aliphatic rings. The van der Waals surface area contributed by atoms with E-state index in [0.29, 0.717) is 0 Å². The lowest BCUT2D eigenvalue weighted by Crippen LogP contribution is -2.09. The Morgan fingerprint density at radius 1 is 1.70 bits per heavy atom. The van der Waals surface area contributed by atoms with E-state index in [2.05, 4.69) is 4.98 Å². The van der Waals surface area contributed by atoms with Crippen molar-refractivity contribution in [2.75, 3.05) is 6.61 Å². The molecule has 0 amide bonds. The van der Waals surface area contributed by atoms with Crippen molar-refractivity contribution >= 4 is 0 Å². The maximum atomic E-state index is 8.85. The van der Waals surface area contributed by atoms with E-state index >= 15 is 0 Å². The molecule has 0 bridgehead atoms. The van der Waals surface area contributed by atoms with Crippen LogP contribution in [0.5, 0.6) is 0 Å². The molecule has 0 aromatic carbocycles. The molecule has 3 nitrogen and oxygen atoms in total. The second-order valence-corrected chi connectivity index (χ2v) is 2.25. The topological polar surface area (TPSA) is 38.0 Å². The summed E-state index contributed by atoms with van der Waals surface area (Å²) in [7, 11) is 0. The first-order chi connectivity index (χ1) is 4.88. The molecule has 1 aromatic rings. The fourth-order valence-corrected chi connectivity index (χ4v) is 0.920. The summed E-state index contributed by atoms with van der Waals surface area (Å²) in [6.07, 6.45) is 6.25. The van der Waals surface area contributed by atoms with Crippen molar-refractivity contribution < 1.29 is 5.11 Å². The monoisotopic (exact) mass is 140 g/mol. The number of nitrogens with zero attached hydrogens (tertiary/aromatic N) is 2. The van der Waals surface area contributed by atoms with Crippen LogP contribution in [0.1, 0.15) is 19.4 Å². The van der Waals surface area contributed by atoms with Gasteiger partial charge in [0.05, 0.1) is 19.0 Å². The standard InChI is InChI=1S/C7H12N2O/c1-2-7(5-10)9-4-3-8-6-9/h3-4,6-7,10H,2,5H2,1H3. The van der Waals surface area contributed by atoms with E-state index < -0.39 is 0 Å². The summed E-state index contributed by atoms with van der Waals surface area (Å²) in [6, 6.07) is 0.197. The van der Waals surface area contributed by atoms with Crippen LogP contribution in [0.15, 0.2) is 18.7 Å². The van der Waals surface area contributed by atoms with E-state index in [4.69, 9.17) is 5.11 Å². The van der Waals surface area contributed by atoms with Gasteiger partial charge in [-0.15, -0.1) is 0 Å². The molecule has 56 valence electrons. The Balaban J connectivity index is 2.64. The molecule has 0 saturated carbocycles. The first-order valence-corrected chi connectivity index (χ1v) is 3.46. The number of hydrogen-bond donors (Lipinski definition) is 1. The summed E-state index contributed by atoms with van der Waals surface area (Å²) >= 11 is 0. The normalized spacial score (nSPS) is 13.4. The van der Waals surface area contributed by atoms with Crippen molar-refractivity contribution in [1.29, 1.82) is 0 Å². The second-order valence-electron chi connectivity index (χ2n) is 2.25. The van der Waals surface area contributed by atoms with Crippen LogP contribution in [0, 0.1) is 0 Å². The van der Waals surface area contributed by atoms with E-state index in [1.165, 1.54) is 0 Å². The van der Waals surface area contributed by atoms with Gasteiger partial charge in [-0.25, -0.2) is 4.98 Å². The molecule has 1 heterocycles. The number of aromatic nitrogens is 2. The molecular formula is C7H12N2O. The van der Waals surface area contributed by atoms with Crippen molar-refractivity contribution in [3.63, 3.8) is 0 Å². The first kappa shape index (κ1) is 7.28. The highest BCUT2D eigenvalue weighted by atomic mass is 16.3. The summed E-state index contributed by atoms with van der Waals surface area (Å²) in [5.74, 6) is 0. The van der Waals surface area contributed by atoms with Gasteiger partial charge < -0.3 is 9.67 Å². The van der Waals surface area contributed by atoms with Crippen LogP contribution in [0.2, 0.25) is 0 Å². The first-order valence-electron chi connectivity index (χ1n) is 3.46. The molecule has 0 saturated heterocycles. The van der Waals surface area contributed by atoms with Crippen molar-refractivity contribution in [2.45, 2.75) is 19.4 Å². The molecule has 1 aromatic heterocycles. The van der Waals surface area contributed by atoms with Crippen LogP contribution >= 0.6 is 0 Å². The lowest BCUT2D eigenvalue weighted by molar-refractivity contribution is 0.224. The van der Waals surface area contributed by atoms with Gasteiger partial charge in [-0.3, -0.25) is 0 Å². The largest absolute Gasteiger partial charge is 0.394 e. The Bertz CT molecular complexity index is 168. The van der Waals surface area contributed by atoms with Gasteiger partial charge in [-0.2, -0.15) is 0 Å². The zero-order valence-corrected chi connectivity index (χ0v) is 6.07. The molecule has 0 radical (unpaired) electrons. The van der Waals surface area contributed by atoms with Gasteiger partial charge in [-0.05, 0) is 6.42 Å². The molecule has 10 heavy (non-hydrogen) atoms. The highest BCUT2D eigenvalue weighted by molar-refractivity contribution is 4.79. The number of rotatable bonds is 3. The minimum atomic E-state index is 0.187. The third-order valence-electron chi connectivity index (χ3n) is 1.63. The number of imidazole rings is 1. The van der Waals surface area contributed by atoms with Crippen molar-refractivity contribution in [3.05, 3.63) is 18.7 Å². The average Bonchev–Trinajstić information content (AvgIpc) is 2.43. The van der Waals surface area contributed by atoms with Crippen molar-refractivity contribution in [2.24, 2.45) is 0 Å². The van der Waals surface area contributed by atoms with Gasteiger partial charge in [0.2, 0.25) is 0 Å². The smallest absolute Gasteiger partial charge is 0.0949 e.